The zero-order valence-electron chi connectivity index (χ0n) is 18.4. The summed E-state index contributed by atoms with van der Waals surface area (Å²) < 4.78 is 5.86. The van der Waals surface area contributed by atoms with Crippen molar-refractivity contribution in [2.75, 3.05) is 18.2 Å². The summed E-state index contributed by atoms with van der Waals surface area (Å²) in [6, 6.07) is 15.7. The van der Waals surface area contributed by atoms with Crippen molar-refractivity contribution in [2.45, 2.75) is 23.2 Å². The topological polar surface area (TPSA) is 126 Å². The van der Waals surface area contributed by atoms with Crippen LogP contribution in [0.1, 0.15) is 18.9 Å². The maximum absolute atomic E-state index is 13.1. The van der Waals surface area contributed by atoms with Gasteiger partial charge in [-0.05, 0) is 24.1 Å². The third-order valence-electron chi connectivity index (χ3n) is 5.21. The molecule has 0 spiro atoms. The molecule has 1 unspecified atom stereocenters. The van der Waals surface area contributed by atoms with Gasteiger partial charge < -0.3 is 15.4 Å². The molecule has 1 aliphatic heterocycles. The molecule has 1 atom stereocenters. The monoisotopic (exact) mass is 498 g/mol. The van der Waals surface area contributed by atoms with E-state index in [0.29, 0.717) is 27.2 Å². The second-order valence-electron chi connectivity index (χ2n) is 7.22. The summed E-state index contributed by atoms with van der Waals surface area (Å²) >= 11 is 2.42. The number of hydrogen-bond acceptors (Lipinski definition) is 9. The van der Waals surface area contributed by atoms with Gasteiger partial charge in [0.05, 0.1) is 18.6 Å². The van der Waals surface area contributed by atoms with Gasteiger partial charge in [0, 0.05) is 0 Å². The molecular formula is C22H22N6O4S2. The molecule has 0 radical (unpaired) electrons. The molecule has 0 bridgehead atoms. The number of thioether (sulfide) groups is 1. The van der Waals surface area contributed by atoms with Crippen LogP contribution in [-0.2, 0) is 15.1 Å². The Morgan fingerprint density at radius 2 is 1.88 bits per heavy atom. The van der Waals surface area contributed by atoms with E-state index < -0.39 is 23.4 Å². The van der Waals surface area contributed by atoms with Crippen molar-refractivity contribution in [1.82, 2.24) is 25.9 Å². The average molecular weight is 499 g/mol. The number of carbonyl (C=O) groups excluding carboxylic acids is 3. The maximum atomic E-state index is 13.1. The zero-order chi connectivity index (χ0) is 24.1. The molecule has 2 heterocycles. The second kappa shape index (κ2) is 10.1. The fourth-order valence-corrected chi connectivity index (χ4v) is 5.06. The molecule has 4 rings (SSSR count). The molecule has 176 valence electrons. The normalized spacial score (nSPS) is 17.4. The smallest absolute Gasteiger partial charge is 0.344 e. The van der Waals surface area contributed by atoms with Gasteiger partial charge in [0.25, 0.3) is 5.91 Å². The fourth-order valence-electron chi connectivity index (χ4n) is 3.50. The number of amides is 4. The molecule has 2 aromatic carbocycles. The first-order chi connectivity index (χ1) is 16.5. The molecule has 1 aliphatic rings. The van der Waals surface area contributed by atoms with Crippen molar-refractivity contribution < 1.29 is 19.1 Å². The highest BCUT2D eigenvalue weighted by Crippen LogP contribution is 2.33. The van der Waals surface area contributed by atoms with Gasteiger partial charge in [-0.2, -0.15) is 5.01 Å². The Labute approximate surface area is 204 Å². The number of hydrazine groups is 1. The summed E-state index contributed by atoms with van der Waals surface area (Å²) in [7, 11) is 1.58. The van der Waals surface area contributed by atoms with Crippen LogP contribution in [-0.4, -0.2) is 45.9 Å². The van der Waals surface area contributed by atoms with Gasteiger partial charge in [-0.25, -0.2) is 4.79 Å². The quantitative estimate of drug-likeness (QED) is 0.303. The summed E-state index contributed by atoms with van der Waals surface area (Å²) in [6.07, 6.45) is 0.343. The van der Waals surface area contributed by atoms with Gasteiger partial charge in [0.1, 0.15) is 11.3 Å². The van der Waals surface area contributed by atoms with Crippen molar-refractivity contribution in [2.24, 2.45) is 0 Å². The van der Waals surface area contributed by atoms with E-state index in [2.05, 4.69) is 26.3 Å². The molecule has 1 aromatic heterocycles. The molecule has 12 heteroatoms. The molecule has 0 aliphatic carbocycles. The van der Waals surface area contributed by atoms with Crippen molar-refractivity contribution in [3.05, 3.63) is 60.2 Å². The standard InChI is InChI=1S/C22H22N6O4S2/c1-3-22(14-9-5-4-6-10-14)18(30)28(20(31)24-22)27-17(29)13-33-21-26-25-19(34-21)23-15-11-7-8-12-16(15)32-2/h4-12H,3,13H2,1-2H3,(H,23,25)(H,24,31)(H,27,29). The predicted molar refractivity (Wildman–Crippen MR) is 129 cm³/mol. The highest BCUT2D eigenvalue weighted by Gasteiger charge is 2.52. The summed E-state index contributed by atoms with van der Waals surface area (Å²) in [6.45, 7) is 1.80. The van der Waals surface area contributed by atoms with Crippen LogP contribution in [0.15, 0.2) is 58.9 Å². The third-order valence-corrected chi connectivity index (χ3v) is 7.18. The Hall–Kier alpha value is -3.64. The van der Waals surface area contributed by atoms with Crippen LogP contribution in [0.3, 0.4) is 0 Å². The third kappa shape index (κ3) is 4.68. The van der Waals surface area contributed by atoms with Crippen LogP contribution < -0.4 is 20.8 Å². The van der Waals surface area contributed by atoms with E-state index >= 15 is 0 Å². The van der Waals surface area contributed by atoms with Gasteiger partial charge in [-0.15, -0.1) is 10.2 Å². The van der Waals surface area contributed by atoms with Gasteiger partial charge in [0.2, 0.25) is 11.0 Å². The SMILES string of the molecule is CCC1(c2ccccc2)NC(=O)N(NC(=O)CSc2nnc(Nc3ccccc3OC)s2)C1=O. The first kappa shape index (κ1) is 23.5. The number of anilines is 2. The highest BCUT2D eigenvalue weighted by molar-refractivity contribution is 8.01. The number of methoxy groups -OCH3 is 1. The zero-order valence-corrected chi connectivity index (χ0v) is 20.0. The van der Waals surface area contributed by atoms with E-state index in [-0.39, 0.29) is 5.75 Å². The Bertz CT molecular complexity index is 1200. The Kier molecular flexibility index (Phi) is 6.98. The number of rotatable bonds is 9. The second-order valence-corrected chi connectivity index (χ2v) is 9.42. The molecule has 4 amide bonds. The summed E-state index contributed by atoms with van der Waals surface area (Å²) in [5.41, 5.74) is 2.59. The average Bonchev–Trinajstić information content (AvgIpc) is 3.41. The van der Waals surface area contributed by atoms with E-state index in [1.165, 1.54) is 11.3 Å². The summed E-state index contributed by atoms with van der Waals surface area (Å²) in [5.74, 6) is -0.421. The van der Waals surface area contributed by atoms with Crippen molar-refractivity contribution in [3.8, 4) is 5.75 Å². The van der Waals surface area contributed by atoms with Gasteiger partial charge >= 0.3 is 6.03 Å². The number of para-hydroxylation sites is 2. The van der Waals surface area contributed by atoms with E-state index in [4.69, 9.17) is 4.74 Å². The molecule has 3 aromatic rings. The molecular weight excluding hydrogens is 476 g/mol. The Balaban J connectivity index is 1.36. The summed E-state index contributed by atoms with van der Waals surface area (Å²) in [4.78, 5) is 38.1. The lowest BCUT2D eigenvalue weighted by molar-refractivity contribution is -0.138. The van der Waals surface area contributed by atoms with E-state index in [9.17, 15) is 14.4 Å². The van der Waals surface area contributed by atoms with Gasteiger partial charge in [-0.1, -0.05) is 72.5 Å². The molecule has 3 N–H and O–H groups in total. The number of benzene rings is 2. The van der Waals surface area contributed by atoms with Crippen LogP contribution in [0.5, 0.6) is 5.75 Å². The number of hydrogen-bond donors (Lipinski definition) is 3. The lowest BCUT2D eigenvalue weighted by Crippen LogP contribution is -2.49. The minimum absolute atomic E-state index is 0.0508. The van der Waals surface area contributed by atoms with Crippen LogP contribution in [0.4, 0.5) is 15.6 Å². The summed E-state index contributed by atoms with van der Waals surface area (Å²) in [5, 5.41) is 15.3. The molecule has 1 fully saturated rings. The number of imide groups is 1. The molecule has 10 nitrogen and oxygen atoms in total. The number of nitrogens with zero attached hydrogens (tertiary/aromatic N) is 3. The van der Waals surface area contributed by atoms with Crippen molar-refractivity contribution in [1.29, 1.82) is 0 Å². The minimum Gasteiger partial charge on any atom is -0.495 e. The van der Waals surface area contributed by atoms with Crippen LogP contribution in [0.2, 0.25) is 0 Å². The van der Waals surface area contributed by atoms with Crippen LogP contribution in [0.25, 0.3) is 0 Å². The molecule has 1 saturated heterocycles. The van der Waals surface area contributed by atoms with E-state index in [0.717, 1.165) is 22.5 Å². The number of nitrogens with one attached hydrogen (secondary N) is 3. The highest BCUT2D eigenvalue weighted by atomic mass is 32.2. The molecule has 34 heavy (non-hydrogen) atoms. The Morgan fingerprint density at radius 3 is 2.62 bits per heavy atom. The number of urea groups is 1. The first-order valence-corrected chi connectivity index (χ1v) is 12.1. The number of aromatic nitrogens is 2. The molecule has 0 saturated carbocycles. The maximum Gasteiger partial charge on any atom is 0.344 e. The largest absolute Gasteiger partial charge is 0.495 e. The lowest BCUT2D eigenvalue weighted by atomic mass is 9.87. The van der Waals surface area contributed by atoms with Crippen molar-refractivity contribution >= 4 is 51.8 Å². The van der Waals surface area contributed by atoms with Crippen molar-refractivity contribution in [3.63, 3.8) is 0 Å². The van der Waals surface area contributed by atoms with E-state index in [1.807, 2.05) is 30.3 Å². The van der Waals surface area contributed by atoms with Gasteiger partial charge in [-0.3, -0.25) is 15.0 Å². The Morgan fingerprint density at radius 1 is 1.15 bits per heavy atom. The van der Waals surface area contributed by atoms with Crippen LogP contribution in [0, 0.1) is 0 Å². The first-order valence-electron chi connectivity index (χ1n) is 10.3. The minimum atomic E-state index is -1.21. The van der Waals surface area contributed by atoms with Gasteiger partial charge in [0.15, 0.2) is 4.34 Å². The van der Waals surface area contributed by atoms with E-state index in [1.54, 1.807) is 38.3 Å². The predicted octanol–water partition coefficient (Wildman–Crippen LogP) is 3.27. The number of ether oxygens (including phenoxy) is 1. The van der Waals surface area contributed by atoms with Crippen LogP contribution >= 0.6 is 23.1 Å². The fraction of sp³-hybridized carbons (Fsp3) is 0.227. The lowest BCUT2D eigenvalue weighted by Gasteiger charge is -2.25. The number of carbonyl (C=O) groups is 3.